The predicted octanol–water partition coefficient (Wildman–Crippen LogP) is 3.85. The van der Waals surface area contributed by atoms with Crippen LogP contribution in [0.25, 0.3) is 10.9 Å². The van der Waals surface area contributed by atoms with Gasteiger partial charge in [-0.1, -0.05) is 6.92 Å². The molecule has 2 saturated carbocycles. The monoisotopic (exact) mass is 284 g/mol. The van der Waals surface area contributed by atoms with Crippen LogP contribution in [0.4, 0.5) is 4.39 Å². The molecule has 1 heterocycles. The van der Waals surface area contributed by atoms with Crippen LogP contribution in [0.1, 0.15) is 37.7 Å². The summed E-state index contributed by atoms with van der Waals surface area (Å²) in [5.41, 5.74) is 8.38. The number of nitrogens with two attached hydrogens (primary N) is 1. The summed E-state index contributed by atoms with van der Waals surface area (Å²) in [5.74, 6) is 2.69. The first-order chi connectivity index (χ1) is 10.2. The summed E-state index contributed by atoms with van der Waals surface area (Å²) in [7, 11) is 0. The van der Waals surface area contributed by atoms with Crippen LogP contribution in [0.15, 0.2) is 30.5 Å². The van der Waals surface area contributed by atoms with E-state index < -0.39 is 0 Å². The topological polar surface area (TPSA) is 38.9 Å². The Kier molecular flexibility index (Phi) is 3.00. The molecule has 21 heavy (non-hydrogen) atoms. The van der Waals surface area contributed by atoms with E-state index in [1.165, 1.54) is 24.5 Å². The normalized spacial score (nSPS) is 32.1. The predicted molar refractivity (Wildman–Crippen MR) is 82.4 cm³/mol. The Morgan fingerprint density at radius 3 is 2.76 bits per heavy atom. The van der Waals surface area contributed by atoms with Crippen molar-refractivity contribution in [3.05, 3.63) is 41.8 Å². The number of pyridine rings is 1. The van der Waals surface area contributed by atoms with Crippen LogP contribution in [0.5, 0.6) is 0 Å². The van der Waals surface area contributed by atoms with Crippen LogP contribution in [0.2, 0.25) is 0 Å². The number of nitrogens with zero attached hydrogens (tertiary/aromatic N) is 1. The lowest BCUT2D eigenvalue weighted by molar-refractivity contribution is 0.452. The molecule has 2 fully saturated rings. The van der Waals surface area contributed by atoms with Gasteiger partial charge < -0.3 is 5.73 Å². The summed E-state index contributed by atoms with van der Waals surface area (Å²) in [6, 6.07) is 7.34. The molecular formula is C18H21FN2. The highest BCUT2D eigenvalue weighted by molar-refractivity contribution is 5.82. The van der Waals surface area contributed by atoms with Gasteiger partial charge in [-0.3, -0.25) is 4.98 Å². The molecule has 0 spiro atoms. The second kappa shape index (κ2) is 4.77. The summed E-state index contributed by atoms with van der Waals surface area (Å²) in [6.07, 6.45) is 5.35. The van der Waals surface area contributed by atoms with E-state index in [0.29, 0.717) is 12.0 Å². The molecule has 1 aromatic heterocycles. The Morgan fingerprint density at radius 2 is 2.05 bits per heavy atom. The third-order valence-electron chi connectivity index (χ3n) is 5.65. The lowest BCUT2D eigenvalue weighted by Gasteiger charge is -2.19. The van der Waals surface area contributed by atoms with Gasteiger partial charge in [-0.05, 0) is 72.8 Å². The number of hydrogen-bond donors (Lipinski definition) is 1. The summed E-state index contributed by atoms with van der Waals surface area (Å²) in [6.45, 7) is 2.18. The number of benzene rings is 1. The van der Waals surface area contributed by atoms with Crippen molar-refractivity contribution in [3.63, 3.8) is 0 Å². The zero-order chi connectivity index (χ0) is 14.6. The van der Waals surface area contributed by atoms with E-state index in [4.69, 9.17) is 5.73 Å². The van der Waals surface area contributed by atoms with Crippen molar-refractivity contribution in [2.75, 3.05) is 0 Å². The smallest absolute Gasteiger partial charge is 0.123 e. The van der Waals surface area contributed by atoms with Crippen LogP contribution < -0.4 is 5.73 Å². The lowest BCUT2D eigenvalue weighted by Crippen LogP contribution is -2.24. The highest BCUT2D eigenvalue weighted by Crippen LogP contribution is 2.63. The molecule has 0 aliphatic heterocycles. The number of fused-ring (bicyclic) bond motifs is 2. The van der Waals surface area contributed by atoms with Gasteiger partial charge in [0.25, 0.3) is 0 Å². The van der Waals surface area contributed by atoms with Gasteiger partial charge in [-0.25, -0.2) is 4.39 Å². The first kappa shape index (κ1) is 13.2. The Labute approximate surface area is 124 Å². The van der Waals surface area contributed by atoms with E-state index in [2.05, 4.69) is 18.0 Å². The highest BCUT2D eigenvalue weighted by atomic mass is 19.1. The molecular weight excluding hydrogens is 263 g/mol. The van der Waals surface area contributed by atoms with Crippen LogP contribution in [0.3, 0.4) is 0 Å². The van der Waals surface area contributed by atoms with Gasteiger partial charge in [0.1, 0.15) is 5.82 Å². The van der Waals surface area contributed by atoms with E-state index in [-0.39, 0.29) is 5.82 Å². The summed E-state index contributed by atoms with van der Waals surface area (Å²) >= 11 is 0. The Morgan fingerprint density at radius 1 is 1.29 bits per heavy atom. The Balaban J connectivity index is 1.61. The van der Waals surface area contributed by atoms with E-state index >= 15 is 0 Å². The van der Waals surface area contributed by atoms with Gasteiger partial charge in [0.05, 0.1) is 5.52 Å². The maximum atomic E-state index is 13.6. The summed E-state index contributed by atoms with van der Waals surface area (Å²) in [4.78, 5) is 4.35. The average Bonchev–Trinajstić information content (AvgIpc) is 3.00. The fraction of sp³-hybridized carbons (Fsp3) is 0.500. The van der Waals surface area contributed by atoms with E-state index in [1.54, 1.807) is 12.1 Å². The SMILES string of the molecule is CC[C@@H](N)[C@H]1[C@@H]2C[C@@H](c3ccnc4ccc(F)cc34)C[C@@H]21. The maximum Gasteiger partial charge on any atom is 0.123 e. The summed E-state index contributed by atoms with van der Waals surface area (Å²) in [5, 5.41) is 0.986. The first-order valence-electron chi connectivity index (χ1n) is 7.98. The maximum absolute atomic E-state index is 13.6. The Bertz CT molecular complexity index is 672. The molecule has 3 heteroatoms. The van der Waals surface area contributed by atoms with Crippen LogP contribution in [-0.2, 0) is 0 Å². The molecule has 2 aliphatic rings. The van der Waals surface area contributed by atoms with Crippen molar-refractivity contribution in [1.29, 1.82) is 0 Å². The molecule has 2 nitrogen and oxygen atoms in total. The second-order valence-electron chi connectivity index (χ2n) is 6.71. The lowest BCUT2D eigenvalue weighted by atomic mass is 9.88. The zero-order valence-corrected chi connectivity index (χ0v) is 12.3. The van der Waals surface area contributed by atoms with Crippen molar-refractivity contribution in [1.82, 2.24) is 4.98 Å². The summed E-state index contributed by atoms with van der Waals surface area (Å²) < 4.78 is 13.6. The molecule has 2 aliphatic carbocycles. The molecule has 5 atom stereocenters. The van der Waals surface area contributed by atoms with Gasteiger partial charge in [0.15, 0.2) is 0 Å². The standard InChI is InChI=1S/C18H21FN2/c1-2-16(20)18-14-7-10(8-15(14)18)12-5-6-21-17-4-3-11(19)9-13(12)17/h3-6,9-10,14-16,18H,2,7-8,20H2,1H3/t10-,14-,15+,16-,18+/m1/s1. The first-order valence-corrected chi connectivity index (χ1v) is 7.98. The number of rotatable bonds is 3. The molecule has 4 rings (SSSR count). The van der Waals surface area contributed by atoms with Crippen molar-refractivity contribution in [2.45, 2.75) is 38.1 Å². The van der Waals surface area contributed by atoms with E-state index in [1.807, 2.05) is 6.20 Å². The van der Waals surface area contributed by atoms with Crippen molar-refractivity contribution in [2.24, 2.45) is 23.5 Å². The van der Waals surface area contributed by atoms with Gasteiger partial charge in [0.2, 0.25) is 0 Å². The molecule has 1 aromatic carbocycles. The third-order valence-corrected chi connectivity index (χ3v) is 5.65. The van der Waals surface area contributed by atoms with Gasteiger partial charge in [-0.15, -0.1) is 0 Å². The molecule has 0 unspecified atom stereocenters. The minimum atomic E-state index is -0.175. The largest absolute Gasteiger partial charge is 0.327 e. The number of hydrogen-bond acceptors (Lipinski definition) is 2. The molecule has 0 radical (unpaired) electrons. The second-order valence-corrected chi connectivity index (χ2v) is 6.71. The van der Waals surface area contributed by atoms with Gasteiger partial charge in [-0.2, -0.15) is 0 Å². The molecule has 110 valence electrons. The minimum absolute atomic E-state index is 0.175. The van der Waals surface area contributed by atoms with Crippen molar-refractivity contribution >= 4 is 10.9 Å². The van der Waals surface area contributed by atoms with Gasteiger partial charge >= 0.3 is 0 Å². The molecule has 0 saturated heterocycles. The quantitative estimate of drug-likeness (QED) is 0.929. The number of aromatic nitrogens is 1. The minimum Gasteiger partial charge on any atom is -0.327 e. The van der Waals surface area contributed by atoms with Gasteiger partial charge in [0, 0.05) is 17.6 Å². The highest BCUT2D eigenvalue weighted by Gasteiger charge is 2.57. The van der Waals surface area contributed by atoms with Crippen LogP contribution in [0, 0.1) is 23.6 Å². The van der Waals surface area contributed by atoms with Crippen LogP contribution in [-0.4, -0.2) is 11.0 Å². The third kappa shape index (κ3) is 2.06. The fourth-order valence-electron chi connectivity index (χ4n) is 4.55. The van der Waals surface area contributed by atoms with Crippen molar-refractivity contribution < 1.29 is 4.39 Å². The van der Waals surface area contributed by atoms with E-state index in [0.717, 1.165) is 35.1 Å². The average molecular weight is 284 g/mol. The molecule has 2 aromatic rings. The molecule has 0 bridgehead atoms. The number of halogens is 1. The Hall–Kier alpha value is -1.48. The fourth-order valence-corrected chi connectivity index (χ4v) is 4.55. The zero-order valence-electron chi connectivity index (χ0n) is 12.3. The molecule has 0 amide bonds. The van der Waals surface area contributed by atoms with Crippen molar-refractivity contribution in [3.8, 4) is 0 Å². The van der Waals surface area contributed by atoms with E-state index in [9.17, 15) is 4.39 Å². The molecule has 2 N–H and O–H groups in total. The van der Waals surface area contributed by atoms with Crippen LogP contribution >= 0.6 is 0 Å².